The topological polar surface area (TPSA) is 38.9 Å². The molecule has 5 heteroatoms. The highest BCUT2D eigenvalue weighted by molar-refractivity contribution is 7.80. The molecule has 0 saturated heterocycles. The number of nitrogens with zero attached hydrogens (tertiary/aromatic N) is 1. The first kappa shape index (κ1) is 9.76. The van der Waals surface area contributed by atoms with E-state index in [0.29, 0.717) is 11.4 Å². The van der Waals surface area contributed by atoms with E-state index in [2.05, 4.69) is 11.1 Å². The van der Waals surface area contributed by atoms with E-state index in [1.54, 1.807) is 22.7 Å². The van der Waals surface area contributed by atoms with Crippen LogP contribution in [0.3, 0.4) is 0 Å². The third-order valence-corrected chi connectivity index (χ3v) is 3.54. The van der Waals surface area contributed by atoms with Crippen molar-refractivity contribution in [3.63, 3.8) is 0 Å². The number of hydrogen-bond donors (Lipinski definition) is 1. The lowest BCUT2D eigenvalue weighted by atomic mass is 10.4. The fourth-order valence-electron chi connectivity index (χ4n) is 1.08. The molecular formula is C9H8N2S3. The van der Waals surface area contributed by atoms with Crippen LogP contribution in [0.5, 0.6) is 0 Å². The van der Waals surface area contributed by atoms with Gasteiger partial charge in [-0.25, -0.2) is 4.98 Å². The van der Waals surface area contributed by atoms with E-state index in [1.165, 1.54) is 4.88 Å². The monoisotopic (exact) mass is 240 g/mol. The highest BCUT2D eigenvalue weighted by atomic mass is 32.1. The Morgan fingerprint density at radius 2 is 2.36 bits per heavy atom. The molecule has 0 aromatic carbocycles. The molecule has 2 nitrogen and oxygen atoms in total. The standard InChI is InChI=1S/C9H8N2S3/c10-8(12)4-9-11-6(5-14-9)7-2-1-3-13-7/h1-3,5H,4H2,(H2,10,12). The van der Waals surface area contributed by atoms with Gasteiger partial charge in [-0.05, 0) is 11.4 Å². The molecule has 0 saturated carbocycles. The molecular weight excluding hydrogens is 232 g/mol. The van der Waals surface area contributed by atoms with E-state index in [1.807, 2.05) is 16.8 Å². The minimum absolute atomic E-state index is 0.497. The number of nitrogens with two attached hydrogens (primary N) is 1. The minimum Gasteiger partial charge on any atom is -0.393 e. The Morgan fingerprint density at radius 1 is 1.50 bits per heavy atom. The van der Waals surface area contributed by atoms with Gasteiger partial charge in [0.2, 0.25) is 0 Å². The van der Waals surface area contributed by atoms with Gasteiger partial charge in [-0.1, -0.05) is 18.3 Å². The summed E-state index contributed by atoms with van der Waals surface area (Å²) in [6.45, 7) is 0. The fraction of sp³-hybridized carbons (Fsp3) is 0.111. The summed E-state index contributed by atoms with van der Waals surface area (Å²) < 4.78 is 0. The summed E-state index contributed by atoms with van der Waals surface area (Å²) in [4.78, 5) is 6.14. The summed E-state index contributed by atoms with van der Waals surface area (Å²) in [6.07, 6.45) is 0.603. The Kier molecular flexibility index (Phi) is 2.90. The number of aromatic nitrogens is 1. The van der Waals surface area contributed by atoms with E-state index in [4.69, 9.17) is 18.0 Å². The SMILES string of the molecule is NC(=S)Cc1nc(-c2cccs2)cs1. The highest BCUT2D eigenvalue weighted by Crippen LogP contribution is 2.26. The van der Waals surface area contributed by atoms with Gasteiger partial charge in [0, 0.05) is 11.8 Å². The lowest BCUT2D eigenvalue weighted by molar-refractivity contribution is 1.23. The molecule has 0 aliphatic rings. The van der Waals surface area contributed by atoms with E-state index >= 15 is 0 Å². The van der Waals surface area contributed by atoms with Crippen LogP contribution in [0.1, 0.15) is 5.01 Å². The first-order valence-corrected chi connectivity index (χ1v) is 6.19. The molecule has 0 amide bonds. The largest absolute Gasteiger partial charge is 0.393 e. The predicted molar refractivity (Wildman–Crippen MR) is 65.9 cm³/mol. The van der Waals surface area contributed by atoms with Gasteiger partial charge in [0.25, 0.3) is 0 Å². The molecule has 0 fully saturated rings. The van der Waals surface area contributed by atoms with Crippen molar-refractivity contribution in [2.45, 2.75) is 6.42 Å². The van der Waals surface area contributed by atoms with Crippen LogP contribution >= 0.6 is 34.9 Å². The van der Waals surface area contributed by atoms with Crippen molar-refractivity contribution in [3.05, 3.63) is 27.9 Å². The zero-order chi connectivity index (χ0) is 9.97. The third kappa shape index (κ3) is 2.17. The molecule has 0 unspecified atom stereocenters. The maximum absolute atomic E-state index is 5.45. The number of rotatable bonds is 3. The second-order valence-electron chi connectivity index (χ2n) is 2.75. The Bertz CT molecular complexity index is 431. The zero-order valence-electron chi connectivity index (χ0n) is 7.27. The van der Waals surface area contributed by atoms with Crippen molar-refractivity contribution in [1.82, 2.24) is 4.98 Å². The number of hydrogen-bond acceptors (Lipinski definition) is 4. The first-order chi connectivity index (χ1) is 6.75. The minimum atomic E-state index is 0.497. The summed E-state index contributed by atoms with van der Waals surface area (Å²) >= 11 is 8.13. The lowest BCUT2D eigenvalue weighted by Crippen LogP contribution is -2.10. The average Bonchev–Trinajstić information content (AvgIpc) is 2.69. The van der Waals surface area contributed by atoms with Crippen LogP contribution in [-0.4, -0.2) is 9.97 Å². The lowest BCUT2D eigenvalue weighted by Gasteiger charge is -1.91. The Balaban J connectivity index is 2.22. The van der Waals surface area contributed by atoms with Crippen LogP contribution < -0.4 is 5.73 Å². The fourth-order valence-corrected chi connectivity index (χ4v) is 2.88. The van der Waals surface area contributed by atoms with Crippen molar-refractivity contribution in [2.24, 2.45) is 5.73 Å². The van der Waals surface area contributed by atoms with Crippen LogP contribution in [-0.2, 0) is 6.42 Å². The van der Waals surface area contributed by atoms with Crippen LogP contribution in [0.15, 0.2) is 22.9 Å². The predicted octanol–water partition coefficient (Wildman–Crippen LogP) is 2.70. The van der Waals surface area contributed by atoms with Crippen molar-refractivity contribution in [3.8, 4) is 10.6 Å². The maximum Gasteiger partial charge on any atom is 0.100 e. The highest BCUT2D eigenvalue weighted by Gasteiger charge is 2.05. The van der Waals surface area contributed by atoms with E-state index in [-0.39, 0.29) is 0 Å². The molecule has 0 aliphatic carbocycles. The second kappa shape index (κ2) is 4.16. The first-order valence-electron chi connectivity index (χ1n) is 4.02. The molecule has 2 rings (SSSR count). The summed E-state index contributed by atoms with van der Waals surface area (Å²) in [5, 5.41) is 5.07. The van der Waals surface area contributed by atoms with Gasteiger partial charge < -0.3 is 5.73 Å². The quantitative estimate of drug-likeness (QED) is 0.838. The third-order valence-electron chi connectivity index (χ3n) is 1.65. The van der Waals surface area contributed by atoms with Crippen LogP contribution in [0.2, 0.25) is 0 Å². The number of thiocarbonyl (C=S) groups is 1. The Hall–Kier alpha value is -0.780. The van der Waals surface area contributed by atoms with Gasteiger partial charge in [-0.15, -0.1) is 22.7 Å². The van der Waals surface area contributed by atoms with Gasteiger partial charge in [0.05, 0.1) is 15.6 Å². The van der Waals surface area contributed by atoms with Crippen molar-refractivity contribution in [1.29, 1.82) is 0 Å². The molecule has 14 heavy (non-hydrogen) atoms. The average molecular weight is 240 g/mol. The molecule has 2 aromatic heterocycles. The molecule has 72 valence electrons. The smallest absolute Gasteiger partial charge is 0.100 e. The summed E-state index contributed by atoms with van der Waals surface area (Å²) in [7, 11) is 0. The summed E-state index contributed by atoms with van der Waals surface area (Å²) in [5.41, 5.74) is 6.48. The van der Waals surface area contributed by atoms with Gasteiger partial charge in [-0.3, -0.25) is 0 Å². The zero-order valence-corrected chi connectivity index (χ0v) is 9.72. The van der Waals surface area contributed by atoms with E-state index in [0.717, 1.165) is 10.7 Å². The second-order valence-corrected chi connectivity index (χ2v) is 5.16. The normalized spacial score (nSPS) is 10.3. The van der Waals surface area contributed by atoms with Gasteiger partial charge >= 0.3 is 0 Å². The summed E-state index contributed by atoms with van der Waals surface area (Å²) in [6, 6.07) is 4.08. The van der Waals surface area contributed by atoms with Crippen molar-refractivity contribution < 1.29 is 0 Å². The Labute approximate surface area is 95.4 Å². The van der Waals surface area contributed by atoms with Crippen LogP contribution in [0, 0.1) is 0 Å². The number of thiophene rings is 1. The van der Waals surface area contributed by atoms with E-state index < -0.39 is 0 Å². The molecule has 2 aromatic rings. The van der Waals surface area contributed by atoms with Gasteiger partial charge in [-0.2, -0.15) is 0 Å². The number of thiazole rings is 1. The van der Waals surface area contributed by atoms with Crippen LogP contribution in [0.25, 0.3) is 10.6 Å². The molecule has 0 atom stereocenters. The Morgan fingerprint density at radius 3 is 3.00 bits per heavy atom. The molecule has 0 bridgehead atoms. The van der Waals surface area contributed by atoms with Crippen molar-refractivity contribution in [2.75, 3.05) is 0 Å². The molecule has 2 N–H and O–H groups in total. The molecule has 0 radical (unpaired) electrons. The van der Waals surface area contributed by atoms with Gasteiger partial charge in [0.1, 0.15) is 5.01 Å². The summed E-state index contributed by atoms with van der Waals surface area (Å²) in [5.74, 6) is 0. The van der Waals surface area contributed by atoms with Crippen LogP contribution in [0.4, 0.5) is 0 Å². The molecule has 2 heterocycles. The van der Waals surface area contributed by atoms with Gasteiger partial charge in [0.15, 0.2) is 0 Å². The molecule has 0 aliphatic heterocycles. The maximum atomic E-state index is 5.45. The van der Waals surface area contributed by atoms with E-state index in [9.17, 15) is 0 Å². The molecule has 0 spiro atoms. The van der Waals surface area contributed by atoms with Crippen molar-refractivity contribution >= 4 is 39.9 Å².